The normalized spacial score (nSPS) is 11.6. The van der Waals surface area contributed by atoms with Crippen LogP contribution in [-0.2, 0) is 0 Å². The van der Waals surface area contributed by atoms with E-state index in [1.54, 1.807) is 0 Å². The van der Waals surface area contributed by atoms with Gasteiger partial charge in [0, 0.05) is 16.7 Å². The summed E-state index contributed by atoms with van der Waals surface area (Å²) in [5.41, 5.74) is 9.67. The van der Waals surface area contributed by atoms with Gasteiger partial charge in [-0.2, -0.15) is 0 Å². The molecular weight excluding hydrogens is 677 g/mol. The van der Waals surface area contributed by atoms with E-state index < -0.39 is 0 Å². The fourth-order valence-electron chi connectivity index (χ4n) is 8.51. The lowest BCUT2D eigenvalue weighted by Gasteiger charge is -2.15. The quantitative estimate of drug-likeness (QED) is 0.131. The highest BCUT2D eigenvalue weighted by Gasteiger charge is 2.17. The van der Waals surface area contributed by atoms with Gasteiger partial charge in [0.05, 0.1) is 11.4 Å². The van der Waals surface area contributed by atoms with Crippen LogP contribution >= 0.6 is 0 Å². The van der Waals surface area contributed by atoms with Crippen molar-refractivity contribution < 1.29 is 0 Å². The van der Waals surface area contributed by atoms with E-state index in [4.69, 9.17) is 9.97 Å². The molecule has 0 radical (unpaired) electrons. The maximum Gasteiger partial charge on any atom is 0.160 e. The SMILES string of the molecule is c1ccc(-c2ccc(-c3nc(-c4ccc(-c5c6ccccc6cc6c5ccc5ccccc56)cc4)cc(-c4cc5ccccc5c5ccccc45)n3)cc2)cc1. The number of aromatic nitrogens is 2. The number of fused-ring (bicyclic) bond motifs is 7. The summed E-state index contributed by atoms with van der Waals surface area (Å²) in [6, 6.07) is 74.0. The average Bonchev–Trinajstić information content (AvgIpc) is 3.28. The van der Waals surface area contributed by atoms with E-state index in [2.05, 4.69) is 200 Å². The molecule has 260 valence electrons. The van der Waals surface area contributed by atoms with Crippen LogP contribution in [0.4, 0.5) is 0 Å². The van der Waals surface area contributed by atoms with E-state index in [0.29, 0.717) is 5.82 Å². The van der Waals surface area contributed by atoms with Crippen molar-refractivity contribution in [1.82, 2.24) is 9.97 Å². The number of hydrogen-bond acceptors (Lipinski definition) is 2. The Bertz CT molecular complexity index is 3270. The van der Waals surface area contributed by atoms with Gasteiger partial charge in [-0.15, -0.1) is 0 Å². The Hall–Kier alpha value is -7.42. The summed E-state index contributed by atoms with van der Waals surface area (Å²) in [4.78, 5) is 10.6. The van der Waals surface area contributed by atoms with Gasteiger partial charge in [0.1, 0.15) is 0 Å². The monoisotopic (exact) mass is 710 g/mol. The Morgan fingerprint density at radius 3 is 1.52 bits per heavy atom. The Kier molecular flexibility index (Phi) is 7.53. The van der Waals surface area contributed by atoms with Crippen LogP contribution in [0.15, 0.2) is 206 Å². The molecule has 2 nitrogen and oxygen atoms in total. The van der Waals surface area contributed by atoms with E-state index in [9.17, 15) is 0 Å². The van der Waals surface area contributed by atoms with Gasteiger partial charge in [0.25, 0.3) is 0 Å². The second-order valence-electron chi connectivity index (χ2n) is 14.5. The summed E-state index contributed by atoms with van der Waals surface area (Å²) in [7, 11) is 0. The fourth-order valence-corrected chi connectivity index (χ4v) is 8.51. The molecule has 11 aromatic rings. The highest BCUT2D eigenvalue weighted by atomic mass is 14.9. The molecule has 0 unspecified atom stereocenters. The van der Waals surface area contributed by atoms with Crippen molar-refractivity contribution in [2.75, 3.05) is 0 Å². The first-order valence-electron chi connectivity index (χ1n) is 19.1. The summed E-state index contributed by atoms with van der Waals surface area (Å²) in [5, 5.41) is 12.3. The first-order valence-corrected chi connectivity index (χ1v) is 19.1. The Labute approximate surface area is 325 Å². The fraction of sp³-hybridized carbons (Fsp3) is 0. The molecule has 0 N–H and O–H groups in total. The molecule has 0 atom stereocenters. The summed E-state index contributed by atoms with van der Waals surface area (Å²) in [6.45, 7) is 0. The standard InChI is InChI=1S/C54H34N2/c1-2-12-35(13-3-1)36-22-28-40(29-23-36)54-55-51(34-52(56-54)50-33-41-15-5-8-18-44(41)46-20-10-11-21-47(46)50)38-24-26-39(27-25-38)53-45-19-9-6-16-42(45)32-49-43-17-7-4-14-37(43)30-31-48(49)53/h1-34H. The van der Waals surface area contributed by atoms with Crippen LogP contribution < -0.4 is 0 Å². The highest BCUT2D eigenvalue weighted by molar-refractivity contribution is 6.20. The molecule has 0 saturated heterocycles. The maximum absolute atomic E-state index is 5.31. The molecular formula is C54H34N2. The lowest BCUT2D eigenvalue weighted by Crippen LogP contribution is -1.97. The van der Waals surface area contributed by atoms with Crippen LogP contribution in [-0.4, -0.2) is 9.97 Å². The van der Waals surface area contributed by atoms with Gasteiger partial charge < -0.3 is 0 Å². The van der Waals surface area contributed by atoms with Gasteiger partial charge in [-0.25, -0.2) is 9.97 Å². The van der Waals surface area contributed by atoms with Crippen molar-refractivity contribution in [3.8, 4) is 56.2 Å². The van der Waals surface area contributed by atoms with Crippen molar-refractivity contribution in [2.24, 2.45) is 0 Å². The second kappa shape index (κ2) is 13.2. The van der Waals surface area contributed by atoms with Crippen LogP contribution in [0.25, 0.3) is 110 Å². The highest BCUT2D eigenvalue weighted by Crippen LogP contribution is 2.41. The molecule has 0 bridgehead atoms. The minimum atomic E-state index is 0.699. The zero-order chi connectivity index (χ0) is 37.0. The number of benzene rings is 10. The number of rotatable bonds is 5. The molecule has 0 amide bonds. The van der Waals surface area contributed by atoms with E-state index in [0.717, 1.165) is 33.6 Å². The third-order valence-electron chi connectivity index (χ3n) is 11.3. The minimum Gasteiger partial charge on any atom is -0.228 e. The third kappa shape index (κ3) is 5.42. The Morgan fingerprint density at radius 2 is 0.768 bits per heavy atom. The predicted octanol–water partition coefficient (Wildman–Crippen LogP) is 14.6. The van der Waals surface area contributed by atoms with Crippen LogP contribution in [0.5, 0.6) is 0 Å². The third-order valence-corrected chi connectivity index (χ3v) is 11.3. The number of nitrogens with zero attached hydrogens (tertiary/aromatic N) is 2. The van der Waals surface area contributed by atoms with Crippen molar-refractivity contribution >= 4 is 53.9 Å². The average molecular weight is 711 g/mol. The zero-order valence-corrected chi connectivity index (χ0v) is 30.5. The Morgan fingerprint density at radius 1 is 0.250 bits per heavy atom. The smallest absolute Gasteiger partial charge is 0.160 e. The summed E-state index contributed by atoms with van der Waals surface area (Å²) in [5.74, 6) is 0.699. The van der Waals surface area contributed by atoms with Crippen LogP contribution in [0.1, 0.15) is 0 Å². The molecule has 0 fully saturated rings. The van der Waals surface area contributed by atoms with E-state index >= 15 is 0 Å². The molecule has 56 heavy (non-hydrogen) atoms. The van der Waals surface area contributed by atoms with E-state index in [1.165, 1.54) is 70.6 Å². The topological polar surface area (TPSA) is 25.8 Å². The van der Waals surface area contributed by atoms with Gasteiger partial charge in [0.15, 0.2) is 5.82 Å². The van der Waals surface area contributed by atoms with Gasteiger partial charge in [-0.3, -0.25) is 0 Å². The molecule has 0 aliphatic heterocycles. The van der Waals surface area contributed by atoms with Gasteiger partial charge in [-0.05, 0) is 94.3 Å². The largest absolute Gasteiger partial charge is 0.228 e. The second-order valence-corrected chi connectivity index (χ2v) is 14.5. The van der Waals surface area contributed by atoms with Crippen LogP contribution in [0.2, 0.25) is 0 Å². The molecule has 1 heterocycles. The summed E-state index contributed by atoms with van der Waals surface area (Å²) in [6.07, 6.45) is 0. The Balaban J connectivity index is 1.09. The van der Waals surface area contributed by atoms with E-state index in [1.807, 2.05) is 6.07 Å². The molecule has 10 aromatic carbocycles. The molecule has 11 rings (SSSR count). The van der Waals surface area contributed by atoms with Gasteiger partial charge >= 0.3 is 0 Å². The molecule has 0 spiro atoms. The van der Waals surface area contributed by atoms with Crippen LogP contribution in [0, 0.1) is 0 Å². The van der Waals surface area contributed by atoms with Gasteiger partial charge in [-0.1, -0.05) is 188 Å². The van der Waals surface area contributed by atoms with Crippen LogP contribution in [0.3, 0.4) is 0 Å². The zero-order valence-electron chi connectivity index (χ0n) is 30.5. The van der Waals surface area contributed by atoms with E-state index in [-0.39, 0.29) is 0 Å². The lowest BCUT2D eigenvalue weighted by molar-refractivity contribution is 1.19. The lowest BCUT2D eigenvalue weighted by atomic mass is 9.89. The first kappa shape index (κ1) is 32.0. The van der Waals surface area contributed by atoms with Gasteiger partial charge in [0.2, 0.25) is 0 Å². The van der Waals surface area contributed by atoms with Crippen molar-refractivity contribution in [3.63, 3.8) is 0 Å². The molecule has 0 saturated carbocycles. The van der Waals surface area contributed by atoms with Crippen molar-refractivity contribution in [1.29, 1.82) is 0 Å². The molecule has 0 aliphatic rings. The molecule has 0 aliphatic carbocycles. The van der Waals surface area contributed by atoms with Crippen molar-refractivity contribution in [3.05, 3.63) is 206 Å². The summed E-state index contributed by atoms with van der Waals surface area (Å²) < 4.78 is 0. The maximum atomic E-state index is 5.31. The molecule has 1 aromatic heterocycles. The number of hydrogen-bond donors (Lipinski definition) is 0. The molecule has 2 heteroatoms. The predicted molar refractivity (Wildman–Crippen MR) is 237 cm³/mol. The first-order chi connectivity index (χ1) is 27.7. The summed E-state index contributed by atoms with van der Waals surface area (Å²) >= 11 is 0. The minimum absolute atomic E-state index is 0.699. The van der Waals surface area contributed by atoms with Crippen molar-refractivity contribution in [2.45, 2.75) is 0 Å².